The van der Waals surface area contributed by atoms with E-state index >= 15 is 0 Å². The van der Waals surface area contributed by atoms with Crippen molar-refractivity contribution in [3.63, 3.8) is 0 Å². The van der Waals surface area contributed by atoms with Crippen LogP contribution in [0.25, 0.3) is 0 Å². The lowest BCUT2D eigenvalue weighted by molar-refractivity contribution is 0.708. The molecule has 0 atom stereocenters. The smallest absolute Gasteiger partial charge is 0.137 e. The highest BCUT2D eigenvalue weighted by Crippen LogP contribution is 2.22. The average Bonchev–Trinajstić information content (AvgIpc) is 2.67. The molecule has 1 aliphatic heterocycles. The quantitative estimate of drug-likeness (QED) is 0.862. The first-order chi connectivity index (χ1) is 9.33. The minimum atomic E-state index is 0.942. The fourth-order valence-electron chi connectivity index (χ4n) is 2.35. The molecule has 0 amide bonds. The van der Waals surface area contributed by atoms with Crippen LogP contribution in [0.1, 0.15) is 16.8 Å². The Bertz CT molecular complexity index is 563. The minimum absolute atomic E-state index is 0.942. The second kappa shape index (κ2) is 5.36. The van der Waals surface area contributed by atoms with Gasteiger partial charge in [-0.05, 0) is 32.0 Å². The Kier molecular flexibility index (Phi) is 3.42. The van der Waals surface area contributed by atoms with E-state index in [4.69, 9.17) is 0 Å². The fraction of sp³-hybridized carbons (Fsp3) is 0.333. The van der Waals surface area contributed by atoms with Gasteiger partial charge in [-0.3, -0.25) is 0 Å². The molecule has 0 fully saturated rings. The molecule has 98 valence electrons. The number of hydrogen-bond acceptors (Lipinski definition) is 4. The molecule has 0 unspecified atom stereocenters. The summed E-state index contributed by atoms with van der Waals surface area (Å²) in [6.45, 7) is 4.07. The molecular weight excluding hydrogens is 236 g/mol. The molecule has 1 aliphatic rings. The number of nitrogens with zero attached hydrogens (tertiary/aromatic N) is 2. The molecular formula is C15H18N4. The monoisotopic (exact) mass is 254 g/mol. The standard InChI is InChI=1S/C15H18N4/c1-11-2-4-12(5-3-11)19-15-13-6-8-16-9-7-14(13)17-10-18-15/h2-5,10,16H,6-9H2,1H3,(H,17,18,19). The predicted molar refractivity (Wildman–Crippen MR) is 76.8 cm³/mol. The van der Waals surface area contributed by atoms with Crippen LogP contribution in [-0.4, -0.2) is 23.1 Å². The number of benzene rings is 1. The normalized spacial score (nSPS) is 14.6. The van der Waals surface area contributed by atoms with Gasteiger partial charge in [0, 0.05) is 24.2 Å². The van der Waals surface area contributed by atoms with Crippen LogP contribution in [0.5, 0.6) is 0 Å². The zero-order chi connectivity index (χ0) is 13.1. The first kappa shape index (κ1) is 12.1. The SMILES string of the molecule is Cc1ccc(Nc2ncnc3c2CCNCC3)cc1. The van der Waals surface area contributed by atoms with Crippen molar-refractivity contribution in [3.8, 4) is 0 Å². The topological polar surface area (TPSA) is 49.8 Å². The maximum absolute atomic E-state index is 4.40. The van der Waals surface area contributed by atoms with Crippen LogP contribution in [-0.2, 0) is 12.8 Å². The Hall–Kier alpha value is -1.94. The second-order valence-electron chi connectivity index (χ2n) is 4.89. The highest BCUT2D eigenvalue weighted by molar-refractivity contribution is 5.60. The Balaban J connectivity index is 1.90. The first-order valence-corrected chi connectivity index (χ1v) is 6.70. The van der Waals surface area contributed by atoms with Crippen LogP contribution >= 0.6 is 0 Å². The Labute approximate surface area is 113 Å². The van der Waals surface area contributed by atoms with Gasteiger partial charge in [0.2, 0.25) is 0 Å². The Morgan fingerprint density at radius 2 is 1.84 bits per heavy atom. The van der Waals surface area contributed by atoms with Gasteiger partial charge < -0.3 is 10.6 Å². The van der Waals surface area contributed by atoms with Crippen LogP contribution in [0.2, 0.25) is 0 Å². The van der Waals surface area contributed by atoms with Crippen molar-refractivity contribution in [3.05, 3.63) is 47.4 Å². The third-order valence-corrected chi connectivity index (χ3v) is 3.44. The predicted octanol–water partition coefficient (Wildman–Crippen LogP) is 2.22. The molecule has 0 aliphatic carbocycles. The summed E-state index contributed by atoms with van der Waals surface area (Å²) in [7, 11) is 0. The molecule has 1 aromatic heterocycles. The number of fused-ring (bicyclic) bond motifs is 1. The number of aryl methyl sites for hydroxylation is 1. The summed E-state index contributed by atoms with van der Waals surface area (Å²) in [5.74, 6) is 0.942. The highest BCUT2D eigenvalue weighted by atomic mass is 15.0. The van der Waals surface area contributed by atoms with Crippen LogP contribution in [0, 0.1) is 6.92 Å². The summed E-state index contributed by atoms with van der Waals surface area (Å²) in [6, 6.07) is 8.37. The number of anilines is 2. The number of rotatable bonds is 2. The molecule has 2 aromatic rings. The van der Waals surface area contributed by atoms with Gasteiger partial charge in [-0.2, -0.15) is 0 Å². The summed E-state index contributed by atoms with van der Waals surface area (Å²) in [5.41, 5.74) is 4.74. The van der Waals surface area contributed by atoms with Crippen molar-refractivity contribution in [2.24, 2.45) is 0 Å². The molecule has 3 rings (SSSR count). The van der Waals surface area contributed by atoms with Gasteiger partial charge >= 0.3 is 0 Å². The van der Waals surface area contributed by atoms with Crippen LogP contribution in [0.4, 0.5) is 11.5 Å². The van der Waals surface area contributed by atoms with Gasteiger partial charge in [-0.25, -0.2) is 9.97 Å². The summed E-state index contributed by atoms with van der Waals surface area (Å²) in [6.07, 6.45) is 3.60. The Morgan fingerprint density at radius 1 is 1.05 bits per heavy atom. The Morgan fingerprint density at radius 3 is 2.68 bits per heavy atom. The third-order valence-electron chi connectivity index (χ3n) is 3.44. The van der Waals surface area contributed by atoms with Gasteiger partial charge in [0.25, 0.3) is 0 Å². The zero-order valence-corrected chi connectivity index (χ0v) is 11.1. The van der Waals surface area contributed by atoms with E-state index in [2.05, 4.69) is 51.8 Å². The molecule has 0 saturated heterocycles. The molecule has 0 saturated carbocycles. The van der Waals surface area contributed by atoms with E-state index in [1.165, 1.54) is 11.1 Å². The van der Waals surface area contributed by atoms with Gasteiger partial charge in [-0.1, -0.05) is 17.7 Å². The molecule has 4 heteroatoms. The van der Waals surface area contributed by atoms with Crippen LogP contribution in [0.15, 0.2) is 30.6 Å². The second-order valence-corrected chi connectivity index (χ2v) is 4.89. The summed E-state index contributed by atoms with van der Waals surface area (Å²) < 4.78 is 0. The van der Waals surface area contributed by atoms with Crippen LogP contribution in [0.3, 0.4) is 0 Å². The molecule has 2 N–H and O–H groups in total. The van der Waals surface area contributed by atoms with Crippen molar-refractivity contribution < 1.29 is 0 Å². The van der Waals surface area contributed by atoms with Gasteiger partial charge in [0.05, 0.1) is 5.69 Å². The molecule has 0 spiro atoms. The van der Waals surface area contributed by atoms with Crippen molar-refractivity contribution >= 4 is 11.5 Å². The minimum Gasteiger partial charge on any atom is -0.340 e. The molecule has 2 heterocycles. The maximum Gasteiger partial charge on any atom is 0.137 e. The van der Waals surface area contributed by atoms with E-state index in [1.807, 2.05) is 0 Å². The van der Waals surface area contributed by atoms with Gasteiger partial charge in [0.15, 0.2) is 0 Å². The van der Waals surface area contributed by atoms with E-state index in [1.54, 1.807) is 6.33 Å². The highest BCUT2D eigenvalue weighted by Gasteiger charge is 2.13. The first-order valence-electron chi connectivity index (χ1n) is 6.70. The van der Waals surface area contributed by atoms with Crippen LogP contribution < -0.4 is 10.6 Å². The number of nitrogens with one attached hydrogen (secondary N) is 2. The van der Waals surface area contributed by atoms with Crippen molar-refractivity contribution in [1.29, 1.82) is 0 Å². The summed E-state index contributed by atoms with van der Waals surface area (Å²) >= 11 is 0. The largest absolute Gasteiger partial charge is 0.340 e. The zero-order valence-electron chi connectivity index (χ0n) is 11.1. The fourth-order valence-corrected chi connectivity index (χ4v) is 2.35. The lowest BCUT2D eigenvalue weighted by Gasteiger charge is -2.12. The third kappa shape index (κ3) is 2.74. The van der Waals surface area contributed by atoms with Gasteiger partial charge in [0.1, 0.15) is 12.1 Å². The van der Waals surface area contributed by atoms with E-state index in [-0.39, 0.29) is 0 Å². The number of aromatic nitrogens is 2. The lowest BCUT2D eigenvalue weighted by Crippen LogP contribution is -2.16. The number of hydrogen-bond donors (Lipinski definition) is 2. The molecule has 0 radical (unpaired) electrons. The van der Waals surface area contributed by atoms with E-state index in [0.29, 0.717) is 0 Å². The maximum atomic E-state index is 4.40. The van der Waals surface area contributed by atoms with Crippen molar-refractivity contribution in [1.82, 2.24) is 15.3 Å². The molecule has 0 bridgehead atoms. The lowest BCUT2D eigenvalue weighted by atomic mass is 10.1. The molecule has 19 heavy (non-hydrogen) atoms. The summed E-state index contributed by atoms with van der Waals surface area (Å²) in [4.78, 5) is 8.81. The molecule has 1 aromatic carbocycles. The van der Waals surface area contributed by atoms with E-state index in [0.717, 1.165) is 43.1 Å². The van der Waals surface area contributed by atoms with Gasteiger partial charge in [-0.15, -0.1) is 0 Å². The van der Waals surface area contributed by atoms with Crippen molar-refractivity contribution in [2.75, 3.05) is 18.4 Å². The molecule has 4 nitrogen and oxygen atoms in total. The summed E-state index contributed by atoms with van der Waals surface area (Å²) in [5, 5.41) is 6.81. The van der Waals surface area contributed by atoms with Crippen molar-refractivity contribution in [2.45, 2.75) is 19.8 Å². The van der Waals surface area contributed by atoms with E-state index in [9.17, 15) is 0 Å². The average molecular weight is 254 g/mol. The van der Waals surface area contributed by atoms with E-state index < -0.39 is 0 Å².